The van der Waals surface area contributed by atoms with Crippen molar-refractivity contribution in [3.8, 4) is 11.3 Å². The van der Waals surface area contributed by atoms with Gasteiger partial charge in [-0.15, -0.1) is 22.7 Å². The minimum atomic E-state index is -0.0610. The summed E-state index contributed by atoms with van der Waals surface area (Å²) >= 11 is 3.08. The lowest BCUT2D eigenvalue weighted by molar-refractivity contribution is 0.103. The Bertz CT molecular complexity index is 789. The number of aromatic nitrogens is 1. The van der Waals surface area contributed by atoms with E-state index in [0.717, 1.165) is 32.4 Å². The number of carbonyl (C=O) groups excluding carboxylic acids is 1. The molecule has 3 nitrogen and oxygen atoms in total. The van der Waals surface area contributed by atoms with Crippen LogP contribution in [-0.2, 0) is 0 Å². The van der Waals surface area contributed by atoms with Gasteiger partial charge in [-0.2, -0.15) is 0 Å². The largest absolute Gasteiger partial charge is 0.321 e. The summed E-state index contributed by atoms with van der Waals surface area (Å²) in [6, 6.07) is 9.73. The standard InChI is InChI=1S/C16H14N2OS2/c1-10-6-7-20-15(10)16(19)18-13-5-3-4-12(8-13)14-9-21-11(2)17-14/h3-9H,1-2H3,(H,18,19). The second-order valence-corrected chi connectivity index (χ2v) is 6.70. The smallest absolute Gasteiger partial charge is 0.265 e. The zero-order valence-corrected chi connectivity index (χ0v) is 13.3. The third-order valence-electron chi connectivity index (χ3n) is 3.10. The number of thiophene rings is 1. The average molecular weight is 314 g/mol. The number of carbonyl (C=O) groups is 1. The lowest BCUT2D eigenvalue weighted by atomic mass is 10.1. The Balaban J connectivity index is 1.84. The van der Waals surface area contributed by atoms with Crippen molar-refractivity contribution in [3.63, 3.8) is 0 Å². The van der Waals surface area contributed by atoms with Crippen LogP contribution in [0.3, 0.4) is 0 Å². The molecule has 1 N–H and O–H groups in total. The molecule has 0 aliphatic heterocycles. The molecule has 2 aromatic heterocycles. The van der Waals surface area contributed by atoms with Gasteiger partial charge in [-0.25, -0.2) is 4.98 Å². The van der Waals surface area contributed by atoms with Gasteiger partial charge >= 0.3 is 0 Å². The molecule has 0 fully saturated rings. The summed E-state index contributed by atoms with van der Waals surface area (Å²) in [4.78, 5) is 17.5. The third kappa shape index (κ3) is 3.04. The van der Waals surface area contributed by atoms with E-state index in [-0.39, 0.29) is 5.91 Å². The summed E-state index contributed by atoms with van der Waals surface area (Å²) in [6.45, 7) is 3.93. The van der Waals surface area contributed by atoms with Crippen molar-refractivity contribution in [3.05, 3.63) is 56.5 Å². The molecule has 1 aromatic carbocycles. The molecule has 106 valence electrons. The minimum Gasteiger partial charge on any atom is -0.321 e. The molecular formula is C16H14N2OS2. The highest BCUT2D eigenvalue weighted by molar-refractivity contribution is 7.12. The number of rotatable bonds is 3. The van der Waals surface area contributed by atoms with Crippen molar-refractivity contribution in [1.29, 1.82) is 0 Å². The first-order valence-electron chi connectivity index (χ1n) is 6.51. The van der Waals surface area contributed by atoms with Gasteiger partial charge in [-0.1, -0.05) is 12.1 Å². The maximum Gasteiger partial charge on any atom is 0.265 e. The first-order valence-corrected chi connectivity index (χ1v) is 8.27. The zero-order chi connectivity index (χ0) is 14.8. The molecule has 21 heavy (non-hydrogen) atoms. The van der Waals surface area contributed by atoms with Gasteiger partial charge in [0.1, 0.15) is 0 Å². The number of thiazole rings is 1. The molecule has 3 aromatic rings. The number of benzene rings is 1. The van der Waals surface area contributed by atoms with Gasteiger partial charge in [0.05, 0.1) is 15.6 Å². The van der Waals surface area contributed by atoms with Crippen molar-refractivity contribution in [2.75, 3.05) is 5.32 Å². The summed E-state index contributed by atoms with van der Waals surface area (Å²) in [5.41, 5.74) is 3.75. The second kappa shape index (κ2) is 5.79. The van der Waals surface area contributed by atoms with Gasteiger partial charge in [-0.05, 0) is 43.0 Å². The van der Waals surface area contributed by atoms with Gasteiger partial charge in [-0.3, -0.25) is 4.79 Å². The van der Waals surface area contributed by atoms with E-state index >= 15 is 0 Å². The molecule has 0 atom stereocenters. The number of nitrogens with zero attached hydrogens (tertiary/aromatic N) is 1. The molecule has 0 radical (unpaired) electrons. The van der Waals surface area contributed by atoms with Crippen LogP contribution < -0.4 is 5.32 Å². The third-order valence-corrected chi connectivity index (χ3v) is 4.89. The highest BCUT2D eigenvalue weighted by Gasteiger charge is 2.11. The summed E-state index contributed by atoms with van der Waals surface area (Å²) in [5, 5.41) is 7.94. The van der Waals surface area contributed by atoms with Gasteiger partial charge in [0, 0.05) is 16.6 Å². The predicted molar refractivity (Wildman–Crippen MR) is 89.3 cm³/mol. The van der Waals surface area contributed by atoms with Crippen LogP contribution in [0.15, 0.2) is 41.1 Å². The maximum absolute atomic E-state index is 12.2. The summed E-state index contributed by atoms with van der Waals surface area (Å²) in [5.74, 6) is -0.0610. The number of amides is 1. The van der Waals surface area contributed by atoms with Gasteiger partial charge < -0.3 is 5.32 Å². The fourth-order valence-corrected chi connectivity index (χ4v) is 3.49. The van der Waals surface area contributed by atoms with Crippen LogP contribution in [0.2, 0.25) is 0 Å². The summed E-state index contributed by atoms with van der Waals surface area (Å²) in [6.07, 6.45) is 0. The van der Waals surface area contributed by atoms with Crippen molar-refractivity contribution in [1.82, 2.24) is 4.98 Å². The SMILES string of the molecule is Cc1nc(-c2cccc(NC(=O)c3sccc3C)c2)cs1. The van der Waals surface area contributed by atoms with E-state index in [1.54, 1.807) is 11.3 Å². The number of aryl methyl sites for hydroxylation is 2. The quantitative estimate of drug-likeness (QED) is 0.758. The Labute approximate surface area is 131 Å². The molecule has 0 aliphatic rings. The Kier molecular flexibility index (Phi) is 3.86. The van der Waals surface area contributed by atoms with E-state index in [1.807, 2.05) is 54.9 Å². The average Bonchev–Trinajstić information content (AvgIpc) is 3.08. The number of hydrogen-bond acceptors (Lipinski definition) is 4. The Hall–Kier alpha value is -1.98. The Morgan fingerprint density at radius 1 is 1.19 bits per heavy atom. The van der Waals surface area contributed by atoms with E-state index in [1.165, 1.54) is 11.3 Å². The molecule has 0 unspecified atom stereocenters. The topological polar surface area (TPSA) is 42.0 Å². The van der Waals surface area contributed by atoms with Gasteiger partial charge in [0.2, 0.25) is 0 Å². The van der Waals surface area contributed by atoms with Crippen LogP contribution in [-0.4, -0.2) is 10.9 Å². The molecule has 0 bridgehead atoms. The molecule has 2 heterocycles. The molecule has 0 aliphatic carbocycles. The fraction of sp³-hybridized carbons (Fsp3) is 0.125. The molecule has 5 heteroatoms. The molecular weight excluding hydrogens is 300 g/mol. The van der Waals surface area contributed by atoms with Gasteiger partial charge in [0.15, 0.2) is 0 Å². The molecule has 0 saturated heterocycles. The van der Waals surface area contributed by atoms with E-state index in [4.69, 9.17) is 0 Å². The number of anilines is 1. The second-order valence-electron chi connectivity index (χ2n) is 4.72. The fourth-order valence-electron chi connectivity index (χ4n) is 2.05. The van der Waals surface area contributed by atoms with Crippen molar-refractivity contribution >= 4 is 34.3 Å². The van der Waals surface area contributed by atoms with E-state index < -0.39 is 0 Å². The molecule has 0 saturated carbocycles. The van der Waals surface area contributed by atoms with Crippen LogP contribution in [0, 0.1) is 13.8 Å². The molecule has 1 amide bonds. The number of nitrogens with one attached hydrogen (secondary N) is 1. The maximum atomic E-state index is 12.2. The first-order chi connectivity index (χ1) is 10.1. The predicted octanol–water partition coefficient (Wildman–Crippen LogP) is 4.74. The monoisotopic (exact) mass is 314 g/mol. The number of hydrogen-bond donors (Lipinski definition) is 1. The lowest BCUT2D eigenvalue weighted by Gasteiger charge is -2.06. The molecule has 3 rings (SSSR count). The van der Waals surface area contributed by atoms with E-state index in [9.17, 15) is 4.79 Å². The van der Waals surface area contributed by atoms with Gasteiger partial charge in [0.25, 0.3) is 5.91 Å². The molecule has 0 spiro atoms. The van der Waals surface area contributed by atoms with Crippen molar-refractivity contribution in [2.45, 2.75) is 13.8 Å². The van der Waals surface area contributed by atoms with Crippen LogP contribution in [0.4, 0.5) is 5.69 Å². The Morgan fingerprint density at radius 2 is 2.05 bits per heavy atom. The van der Waals surface area contributed by atoms with Crippen LogP contribution in [0.5, 0.6) is 0 Å². The summed E-state index contributed by atoms with van der Waals surface area (Å²) in [7, 11) is 0. The van der Waals surface area contributed by atoms with E-state index in [2.05, 4.69) is 10.3 Å². The lowest BCUT2D eigenvalue weighted by Crippen LogP contribution is -2.11. The zero-order valence-electron chi connectivity index (χ0n) is 11.7. The normalized spacial score (nSPS) is 10.6. The van der Waals surface area contributed by atoms with E-state index in [0.29, 0.717) is 0 Å². The van der Waals surface area contributed by atoms with Crippen LogP contribution >= 0.6 is 22.7 Å². The highest BCUT2D eigenvalue weighted by Crippen LogP contribution is 2.25. The van der Waals surface area contributed by atoms with Crippen molar-refractivity contribution in [2.24, 2.45) is 0 Å². The summed E-state index contributed by atoms with van der Waals surface area (Å²) < 4.78 is 0. The first kappa shape index (κ1) is 14.0. The van der Waals surface area contributed by atoms with Crippen LogP contribution in [0.25, 0.3) is 11.3 Å². The van der Waals surface area contributed by atoms with Crippen molar-refractivity contribution < 1.29 is 4.79 Å². The van der Waals surface area contributed by atoms with Crippen LogP contribution in [0.1, 0.15) is 20.2 Å². The Morgan fingerprint density at radius 3 is 2.71 bits per heavy atom. The highest BCUT2D eigenvalue weighted by atomic mass is 32.1. The minimum absolute atomic E-state index is 0.0610.